The predicted molar refractivity (Wildman–Crippen MR) is 71.0 cm³/mol. The van der Waals surface area contributed by atoms with Crippen molar-refractivity contribution in [2.75, 3.05) is 5.73 Å². The van der Waals surface area contributed by atoms with Gasteiger partial charge in [0.25, 0.3) is 0 Å². The lowest BCUT2D eigenvalue weighted by Gasteiger charge is -2.04. The lowest BCUT2D eigenvalue weighted by molar-refractivity contribution is 0.954. The Morgan fingerprint density at radius 3 is 2.71 bits per heavy atom. The number of hydrogen-bond acceptors (Lipinski definition) is 3. The van der Waals surface area contributed by atoms with Crippen LogP contribution in [0.15, 0.2) is 42.6 Å². The van der Waals surface area contributed by atoms with Crippen LogP contribution in [0, 0.1) is 0 Å². The number of nitrogens with two attached hydrogens (primary N) is 1. The number of benzene rings is 1. The van der Waals surface area contributed by atoms with Gasteiger partial charge in [0.15, 0.2) is 5.65 Å². The third kappa shape index (κ3) is 1.56. The summed E-state index contributed by atoms with van der Waals surface area (Å²) in [4.78, 5) is 4.59. The zero-order valence-corrected chi connectivity index (χ0v) is 9.46. The number of rotatable bonds is 1. The van der Waals surface area contributed by atoms with Crippen LogP contribution in [0.25, 0.3) is 16.9 Å². The number of nitrogens with zero attached hydrogens (tertiary/aromatic N) is 3. The van der Waals surface area contributed by atoms with E-state index < -0.39 is 0 Å². The van der Waals surface area contributed by atoms with Gasteiger partial charge in [-0.15, -0.1) is 0 Å². The van der Waals surface area contributed by atoms with E-state index in [0.29, 0.717) is 5.82 Å². The lowest BCUT2D eigenvalue weighted by Crippen LogP contribution is -2.06. The van der Waals surface area contributed by atoms with Gasteiger partial charge in [-0.1, -0.05) is 30.3 Å². The largest absolute Gasteiger partial charge is 0.384 e. The van der Waals surface area contributed by atoms with Crippen LogP contribution >= 0.6 is 0 Å². The lowest BCUT2D eigenvalue weighted by atomic mass is 10.0. The molecule has 0 bridgehead atoms. The van der Waals surface area contributed by atoms with Gasteiger partial charge in [-0.05, 0) is 5.46 Å². The molecule has 0 atom stereocenters. The van der Waals surface area contributed by atoms with Crippen LogP contribution in [0.4, 0.5) is 5.82 Å². The summed E-state index contributed by atoms with van der Waals surface area (Å²) in [6.45, 7) is 0. The van der Waals surface area contributed by atoms with Gasteiger partial charge in [0.1, 0.15) is 13.7 Å². The van der Waals surface area contributed by atoms with Crippen LogP contribution in [0.3, 0.4) is 0 Å². The number of hydrogen-bond donors (Lipinski definition) is 1. The monoisotopic (exact) mass is 222 g/mol. The van der Waals surface area contributed by atoms with E-state index in [9.17, 15) is 0 Å². The highest BCUT2D eigenvalue weighted by Gasteiger charge is 2.07. The van der Waals surface area contributed by atoms with Crippen molar-refractivity contribution in [1.29, 1.82) is 0 Å². The van der Waals surface area contributed by atoms with Crippen molar-refractivity contribution in [2.24, 2.45) is 0 Å². The van der Waals surface area contributed by atoms with Crippen LogP contribution in [-0.2, 0) is 0 Å². The van der Waals surface area contributed by atoms with Gasteiger partial charge in [0, 0.05) is 17.8 Å². The maximum atomic E-state index is 5.97. The summed E-state index contributed by atoms with van der Waals surface area (Å²) in [7, 11) is 1.98. The Hall–Kier alpha value is -2.30. The first-order chi connectivity index (χ1) is 8.25. The van der Waals surface area contributed by atoms with Crippen molar-refractivity contribution in [3.63, 3.8) is 0 Å². The highest BCUT2D eigenvalue weighted by molar-refractivity contribution is 6.36. The first-order valence-electron chi connectivity index (χ1n) is 5.42. The Morgan fingerprint density at radius 1 is 1.18 bits per heavy atom. The van der Waals surface area contributed by atoms with E-state index in [0.717, 1.165) is 22.4 Å². The smallest absolute Gasteiger partial charge is 0.151 e. The molecule has 0 aliphatic carbocycles. The number of fused-ring (bicyclic) bond motifs is 1. The van der Waals surface area contributed by atoms with Gasteiger partial charge in [-0.25, -0.2) is 9.50 Å². The molecular weight excluding hydrogens is 211 g/mol. The molecule has 0 aliphatic heterocycles. The van der Waals surface area contributed by atoms with Crippen molar-refractivity contribution >= 4 is 24.8 Å². The molecule has 3 rings (SSSR count). The maximum Gasteiger partial charge on any atom is 0.151 e. The Kier molecular flexibility index (Phi) is 2.11. The zero-order valence-electron chi connectivity index (χ0n) is 9.46. The number of nitrogen functional groups attached to an aromatic ring is 1. The molecule has 0 amide bonds. The Labute approximate surface area is 99.5 Å². The van der Waals surface area contributed by atoms with Crippen molar-refractivity contribution < 1.29 is 0 Å². The minimum atomic E-state index is 0.599. The molecule has 82 valence electrons. The van der Waals surface area contributed by atoms with Gasteiger partial charge in [-0.3, -0.25) is 0 Å². The van der Waals surface area contributed by atoms with E-state index in [4.69, 9.17) is 5.73 Å². The molecule has 1 aromatic carbocycles. The molecule has 3 aromatic rings. The third-order valence-electron chi connectivity index (χ3n) is 2.75. The standard InChI is InChI=1S/C12H11BN4/c13-9-7-15-17-11(14)6-10(16-12(9)17)8-4-2-1-3-5-8/h1-7H,13-14H2. The molecule has 0 radical (unpaired) electrons. The second kappa shape index (κ2) is 3.62. The normalized spacial score (nSPS) is 10.8. The fraction of sp³-hybridized carbons (Fsp3) is 0. The molecule has 2 aromatic heterocycles. The highest BCUT2D eigenvalue weighted by atomic mass is 15.3. The van der Waals surface area contributed by atoms with Crippen LogP contribution < -0.4 is 11.2 Å². The molecule has 2 heterocycles. The minimum Gasteiger partial charge on any atom is -0.384 e. The summed E-state index contributed by atoms with van der Waals surface area (Å²) >= 11 is 0. The van der Waals surface area contributed by atoms with E-state index in [1.165, 1.54) is 0 Å². The van der Waals surface area contributed by atoms with E-state index in [2.05, 4.69) is 10.1 Å². The van der Waals surface area contributed by atoms with Crippen molar-refractivity contribution in [3.8, 4) is 11.3 Å². The van der Waals surface area contributed by atoms with E-state index in [1.807, 2.05) is 44.2 Å². The summed E-state index contributed by atoms with van der Waals surface area (Å²) in [6, 6.07) is 11.8. The molecule has 0 spiro atoms. The average Bonchev–Trinajstić information content (AvgIpc) is 2.73. The van der Waals surface area contributed by atoms with E-state index in [-0.39, 0.29) is 0 Å². The number of anilines is 1. The second-order valence-electron chi connectivity index (χ2n) is 4.00. The van der Waals surface area contributed by atoms with E-state index in [1.54, 1.807) is 10.7 Å². The molecule has 2 N–H and O–H groups in total. The molecule has 17 heavy (non-hydrogen) atoms. The fourth-order valence-electron chi connectivity index (χ4n) is 1.85. The maximum absolute atomic E-state index is 5.97. The van der Waals surface area contributed by atoms with Gasteiger partial charge in [0.2, 0.25) is 0 Å². The van der Waals surface area contributed by atoms with Crippen LogP contribution in [-0.4, -0.2) is 22.4 Å². The predicted octanol–water partition coefficient (Wildman–Crippen LogP) is 0.237. The minimum absolute atomic E-state index is 0.599. The van der Waals surface area contributed by atoms with Crippen LogP contribution in [0.5, 0.6) is 0 Å². The molecule has 0 saturated heterocycles. The quantitative estimate of drug-likeness (QED) is 0.600. The van der Waals surface area contributed by atoms with Crippen LogP contribution in [0.2, 0.25) is 0 Å². The topological polar surface area (TPSA) is 56.2 Å². The molecule has 0 unspecified atom stereocenters. The number of aromatic nitrogens is 3. The Balaban J connectivity index is 2.28. The molecule has 0 aliphatic rings. The first kappa shape index (κ1) is 9.90. The summed E-state index contributed by atoms with van der Waals surface area (Å²) < 4.78 is 1.65. The van der Waals surface area contributed by atoms with Crippen molar-refractivity contribution in [2.45, 2.75) is 0 Å². The van der Waals surface area contributed by atoms with Crippen molar-refractivity contribution in [3.05, 3.63) is 42.6 Å². The summed E-state index contributed by atoms with van der Waals surface area (Å²) in [6.07, 6.45) is 1.77. The van der Waals surface area contributed by atoms with Gasteiger partial charge >= 0.3 is 0 Å². The molecule has 0 fully saturated rings. The van der Waals surface area contributed by atoms with Crippen molar-refractivity contribution in [1.82, 2.24) is 14.6 Å². The molecule has 4 nitrogen and oxygen atoms in total. The Morgan fingerprint density at radius 2 is 1.94 bits per heavy atom. The molecule has 5 heteroatoms. The van der Waals surface area contributed by atoms with Gasteiger partial charge in [-0.2, -0.15) is 5.10 Å². The first-order valence-corrected chi connectivity index (χ1v) is 5.42. The Bertz CT molecular complexity index is 676. The fourth-order valence-corrected chi connectivity index (χ4v) is 1.85. The summed E-state index contributed by atoms with van der Waals surface area (Å²) in [5, 5.41) is 4.18. The molecular formula is C12H11BN4. The zero-order chi connectivity index (χ0) is 11.8. The van der Waals surface area contributed by atoms with Gasteiger partial charge < -0.3 is 5.73 Å². The van der Waals surface area contributed by atoms with Gasteiger partial charge in [0.05, 0.1) is 5.69 Å². The van der Waals surface area contributed by atoms with Crippen LogP contribution in [0.1, 0.15) is 0 Å². The van der Waals surface area contributed by atoms with E-state index >= 15 is 0 Å². The molecule has 0 saturated carbocycles. The highest BCUT2D eigenvalue weighted by Crippen LogP contribution is 2.19. The summed E-state index contributed by atoms with van der Waals surface area (Å²) in [5.41, 5.74) is 9.73. The third-order valence-corrected chi connectivity index (χ3v) is 2.75. The second-order valence-corrected chi connectivity index (χ2v) is 4.00. The summed E-state index contributed by atoms with van der Waals surface area (Å²) in [5.74, 6) is 0.599. The SMILES string of the molecule is Bc1cnn2c(N)cc(-c3ccccc3)nc12. The average molecular weight is 222 g/mol.